The van der Waals surface area contributed by atoms with Gasteiger partial charge >= 0.3 is 5.88 Å². The number of aromatic hydroxyl groups is 1. The van der Waals surface area contributed by atoms with Crippen LogP contribution in [-0.2, 0) is 9.47 Å². The normalized spacial score (nSPS) is 13.9. The third-order valence-corrected chi connectivity index (χ3v) is 5.47. The predicted molar refractivity (Wildman–Crippen MR) is 139 cm³/mol. The lowest BCUT2D eigenvalue weighted by Gasteiger charge is -2.26. The van der Waals surface area contributed by atoms with Gasteiger partial charge in [-0.05, 0) is 48.6 Å². The van der Waals surface area contributed by atoms with Crippen LogP contribution in [0.4, 0.5) is 11.5 Å². The Morgan fingerprint density at radius 3 is 2.68 bits per heavy atom. The van der Waals surface area contributed by atoms with Gasteiger partial charge in [0.15, 0.2) is 5.82 Å². The molecule has 11 nitrogen and oxygen atoms in total. The Hall–Kier alpha value is -4.48. The number of morpholine rings is 1. The molecule has 2 aromatic carbocycles. The van der Waals surface area contributed by atoms with Crippen LogP contribution in [0.3, 0.4) is 0 Å². The number of allylic oxidation sites excluding steroid dienone is 1. The van der Waals surface area contributed by atoms with Crippen LogP contribution in [-0.4, -0.2) is 64.4 Å². The molecular formula is C26H27N5O6. The van der Waals surface area contributed by atoms with Gasteiger partial charge in [0, 0.05) is 43.4 Å². The molecule has 0 saturated carbocycles. The van der Waals surface area contributed by atoms with E-state index in [9.17, 15) is 15.2 Å². The first-order valence-electron chi connectivity index (χ1n) is 11.6. The number of rotatable bonds is 11. The van der Waals surface area contributed by atoms with Crippen molar-refractivity contribution >= 4 is 28.5 Å². The van der Waals surface area contributed by atoms with Crippen molar-refractivity contribution < 1.29 is 24.2 Å². The van der Waals surface area contributed by atoms with Crippen molar-refractivity contribution in [2.24, 2.45) is 0 Å². The second-order valence-corrected chi connectivity index (χ2v) is 8.14. The molecule has 2 heterocycles. The van der Waals surface area contributed by atoms with Crippen molar-refractivity contribution in [1.82, 2.24) is 14.9 Å². The van der Waals surface area contributed by atoms with Crippen LogP contribution >= 0.6 is 0 Å². The number of nitro groups is 1. The second-order valence-electron chi connectivity index (χ2n) is 8.14. The summed E-state index contributed by atoms with van der Waals surface area (Å²) in [5, 5.41) is 24.3. The summed E-state index contributed by atoms with van der Waals surface area (Å²) >= 11 is 0. The quantitative estimate of drug-likeness (QED) is 0.129. The zero-order valence-electron chi connectivity index (χ0n) is 20.1. The van der Waals surface area contributed by atoms with Gasteiger partial charge < -0.3 is 24.6 Å². The van der Waals surface area contributed by atoms with Gasteiger partial charge in [-0.2, -0.15) is 0 Å². The molecule has 11 heteroatoms. The number of phenols is 1. The lowest BCUT2D eigenvalue weighted by atomic mass is 10.2. The number of fused-ring (bicyclic) bond motifs is 1. The van der Waals surface area contributed by atoms with Crippen molar-refractivity contribution in [3.63, 3.8) is 0 Å². The van der Waals surface area contributed by atoms with E-state index in [1.165, 1.54) is 12.2 Å². The minimum atomic E-state index is -0.744. The minimum Gasteiger partial charge on any atom is -0.508 e. The highest BCUT2D eigenvalue weighted by atomic mass is 16.7. The molecule has 0 unspecified atom stereocenters. The van der Waals surface area contributed by atoms with E-state index in [1.807, 2.05) is 18.2 Å². The summed E-state index contributed by atoms with van der Waals surface area (Å²) in [6.07, 6.45) is 2.95. The number of nitrogens with one attached hydrogen (secondary N) is 1. The summed E-state index contributed by atoms with van der Waals surface area (Å²) in [5.41, 5.74) is 1.34. The third-order valence-electron chi connectivity index (χ3n) is 5.47. The van der Waals surface area contributed by atoms with Gasteiger partial charge in [0.25, 0.3) is 0 Å². The van der Waals surface area contributed by atoms with Crippen molar-refractivity contribution in [2.45, 2.75) is 0 Å². The maximum atomic E-state index is 10.7. The summed E-state index contributed by atoms with van der Waals surface area (Å²) < 4.78 is 16.3. The molecule has 3 aromatic rings. The van der Waals surface area contributed by atoms with Gasteiger partial charge in [-0.3, -0.25) is 15.0 Å². The fourth-order valence-corrected chi connectivity index (χ4v) is 3.58. The van der Waals surface area contributed by atoms with Crippen LogP contribution in [0.1, 0.15) is 5.82 Å². The number of aromatic nitrogens is 2. The molecule has 0 atom stereocenters. The van der Waals surface area contributed by atoms with Crippen molar-refractivity contribution in [3.05, 3.63) is 89.3 Å². The third kappa shape index (κ3) is 7.26. The Labute approximate surface area is 213 Å². The Morgan fingerprint density at radius 1 is 1.19 bits per heavy atom. The van der Waals surface area contributed by atoms with Gasteiger partial charge in [-0.15, -0.1) is 0 Å². The summed E-state index contributed by atoms with van der Waals surface area (Å²) in [5.74, 6) is 1.03. The van der Waals surface area contributed by atoms with Crippen molar-refractivity contribution in [1.29, 1.82) is 0 Å². The van der Waals surface area contributed by atoms with E-state index in [0.29, 0.717) is 35.2 Å². The van der Waals surface area contributed by atoms with Gasteiger partial charge in [-0.25, -0.2) is 9.97 Å². The summed E-state index contributed by atoms with van der Waals surface area (Å²) in [6, 6.07) is 12.1. The zero-order chi connectivity index (χ0) is 26.2. The topological polar surface area (TPSA) is 132 Å². The van der Waals surface area contributed by atoms with E-state index < -0.39 is 10.8 Å². The van der Waals surface area contributed by atoms with E-state index in [-0.39, 0.29) is 11.5 Å². The maximum Gasteiger partial charge on any atom is 0.426 e. The summed E-state index contributed by atoms with van der Waals surface area (Å²) in [4.78, 5) is 21.5. The number of nitrogens with zero attached hydrogens (tertiary/aromatic N) is 4. The van der Waals surface area contributed by atoms with Crippen molar-refractivity contribution in [2.75, 3.05) is 44.8 Å². The number of benzene rings is 2. The average molecular weight is 506 g/mol. The van der Waals surface area contributed by atoms with Crippen LogP contribution in [0.2, 0.25) is 0 Å². The zero-order valence-corrected chi connectivity index (χ0v) is 20.1. The number of hydrogen-bond donors (Lipinski definition) is 2. The monoisotopic (exact) mass is 505 g/mol. The highest BCUT2D eigenvalue weighted by Crippen LogP contribution is 2.28. The molecule has 1 fully saturated rings. The molecule has 192 valence electrons. The van der Waals surface area contributed by atoms with Gasteiger partial charge in [-0.1, -0.05) is 6.58 Å². The van der Waals surface area contributed by atoms with E-state index in [1.54, 1.807) is 24.3 Å². The molecule has 0 amide bonds. The average Bonchev–Trinajstić information content (AvgIpc) is 2.89. The SMILES string of the molecule is C=C(/C=C/c1nc(Nc2ccc(O)cc2)c2ccc(OCCN3CCOCC3)cc2n1)OC(=C)[N+](=O)[O-]. The molecule has 37 heavy (non-hydrogen) atoms. The Balaban J connectivity index is 1.57. The highest BCUT2D eigenvalue weighted by molar-refractivity contribution is 5.92. The first-order valence-corrected chi connectivity index (χ1v) is 11.6. The summed E-state index contributed by atoms with van der Waals surface area (Å²) in [7, 11) is 0. The summed E-state index contributed by atoms with van der Waals surface area (Å²) in [6.45, 7) is 11.4. The molecule has 2 N–H and O–H groups in total. The molecule has 0 radical (unpaired) electrons. The molecule has 1 aliphatic heterocycles. The number of hydrogen-bond acceptors (Lipinski definition) is 10. The standard InChI is InChI=1S/C26H27N5O6/c1-18(37-19(2)31(33)34)3-10-25-28-24-17-22(36-16-13-30-11-14-35-15-12-30)8-9-23(24)26(29-25)27-20-4-6-21(32)7-5-20/h3-10,17,32H,1-2,11-16H2,(H,27,28,29)/b10-3+. The van der Waals surface area contributed by atoms with Gasteiger partial charge in [0.1, 0.15) is 34.6 Å². The van der Waals surface area contributed by atoms with Crippen LogP contribution < -0.4 is 10.1 Å². The molecule has 4 rings (SSSR count). The van der Waals surface area contributed by atoms with Crippen molar-refractivity contribution in [3.8, 4) is 11.5 Å². The van der Waals surface area contributed by atoms with Gasteiger partial charge in [0.05, 0.1) is 18.7 Å². The van der Waals surface area contributed by atoms with Gasteiger partial charge in [0.2, 0.25) is 0 Å². The predicted octanol–water partition coefficient (Wildman–Crippen LogP) is 4.08. The number of anilines is 2. The molecule has 1 saturated heterocycles. The molecule has 0 spiro atoms. The highest BCUT2D eigenvalue weighted by Gasteiger charge is 2.12. The fourth-order valence-electron chi connectivity index (χ4n) is 3.58. The van der Waals surface area contributed by atoms with Crippen LogP contribution in [0.25, 0.3) is 17.0 Å². The Morgan fingerprint density at radius 2 is 1.95 bits per heavy atom. The lowest BCUT2D eigenvalue weighted by molar-refractivity contribution is -0.458. The first-order chi connectivity index (χ1) is 17.9. The molecule has 0 bridgehead atoms. The fraction of sp³-hybridized carbons (Fsp3) is 0.231. The molecule has 1 aliphatic rings. The Kier molecular flexibility index (Phi) is 8.29. The molecule has 1 aromatic heterocycles. The van der Waals surface area contributed by atoms with Crippen LogP contribution in [0.5, 0.6) is 11.5 Å². The minimum absolute atomic E-state index is 0.0126. The van der Waals surface area contributed by atoms with E-state index in [4.69, 9.17) is 14.2 Å². The maximum absolute atomic E-state index is 10.7. The molecule has 0 aliphatic carbocycles. The number of phenolic OH excluding ortho intramolecular Hbond substituents is 1. The van der Waals surface area contributed by atoms with Crippen LogP contribution in [0.15, 0.2) is 73.3 Å². The first kappa shape index (κ1) is 25.6. The van der Waals surface area contributed by atoms with E-state index >= 15 is 0 Å². The molecular weight excluding hydrogens is 478 g/mol. The lowest BCUT2D eigenvalue weighted by Crippen LogP contribution is -2.38. The number of ether oxygens (including phenoxy) is 3. The van der Waals surface area contributed by atoms with E-state index in [2.05, 4.69) is 33.3 Å². The van der Waals surface area contributed by atoms with E-state index in [0.717, 1.165) is 38.2 Å². The largest absolute Gasteiger partial charge is 0.508 e. The second kappa shape index (κ2) is 12.0. The Bertz CT molecular complexity index is 1320. The van der Waals surface area contributed by atoms with Crippen LogP contribution in [0, 0.1) is 10.1 Å². The smallest absolute Gasteiger partial charge is 0.426 e.